The van der Waals surface area contributed by atoms with Crippen LogP contribution in [0.5, 0.6) is 0 Å². The van der Waals surface area contributed by atoms with Crippen molar-refractivity contribution in [1.82, 2.24) is 9.84 Å². The van der Waals surface area contributed by atoms with Gasteiger partial charge in [-0.1, -0.05) is 17.7 Å². The van der Waals surface area contributed by atoms with Crippen molar-refractivity contribution >= 4 is 21.6 Å². The van der Waals surface area contributed by atoms with Crippen LogP contribution in [0.2, 0.25) is 5.02 Å². The standard InChI is InChI=1S/C11H15ClN2O4S/c12-11-7-10(2-1-9(11)8-15)19(16,17)13-14-3-5-18-6-4-14/h1-2,7,13,15H,3-6,8H2. The van der Waals surface area contributed by atoms with Gasteiger partial charge in [-0.05, 0) is 17.7 Å². The highest BCUT2D eigenvalue weighted by Gasteiger charge is 2.20. The first kappa shape index (κ1) is 14.7. The molecule has 0 spiro atoms. The zero-order valence-electron chi connectivity index (χ0n) is 10.2. The molecule has 8 heteroatoms. The lowest BCUT2D eigenvalue weighted by Gasteiger charge is -2.26. The van der Waals surface area contributed by atoms with E-state index in [1.807, 2.05) is 0 Å². The second-order valence-corrected chi connectivity index (χ2v) is 6.17. The monoisotopic (exact) mass is 306 g/mol. The van der Waals surface area contributed by atoms with Gasteiger partial charge >= 0.3 is 0 Å². The third-order valence-electron chi connectivity index (χ3n) is 2.77. The van der Waals surface area contributed by atoms with Crippen LogP contribution in [0.1, 0.15) is 5.56 Å². The topological polar surface area (TPSA) is 78.9 Å². The van der Waals surface area contributed by atoms with Crippen molar-refractivity contribution in [3.63, 3.8) is 0 Å². The number of aliphatic hydroxyl groups is 1. The number of aliphatic hydroxyl groups excluding tert-OH is 1. The van der Waals surface area contributed by atoms with Gasteiger partial charge in [0.05, 0.1) is 24.7 Å². The summed E-state index contributed by atoms with van der Waals surface area (Å²) in [5, 5.41) is 10.8. The fraction of sp³-hybridized carbons (Fsp3) is 0.455. The Hall–Kier alpha value is -0.700. The Morgan fingerprint density at radius 1 is 1.37 bits per heavy atom. The van der Waals surface area contributed by atoms with Crippen LogP contribution < -0.4 is 4.83 Å². The van der Waals surface area contributed by atoms with E-state index >= 15 is 0 Å². The average molecular weight is 307 g/mol. The third-order valence-corrected chi connectivity index (χ3v) is 4.49. The molecule has 0 saturated carbocycles. The van der Waals surface area contributed by atoms with Crippen LogP contribution in [0.3, 0.4) is 0 Å². The molecular formula is C11H15ClN2O4S. The molecule has 0 aliphatic carbocycles. The van der Waals surface area contributed by atoms with E-state index in [0.717, 1.165) is 0 Å². The Labute approximate surface area is 117 Å². The van der Waals surface area contributed by atoms with Crippen LogP contribution in [0.15, 0.2) is 23.1 Å². The highest BCUT2D eigenvalue weighted by Crippen LogP contribution is 2.21. The van der Waals surface area contributed by atoms with Crippen LogP contribution >= 0.6 is 11.6 Å². The predicted octanol–water partition coefficient (Wildman–Crippen LogP) is 0.358. The van der Waals surface area contributed by atoms with E-state index in [9.17, 15) is 8.42 Å². The number of nitrogens with one attached hydrogen (secondary N) is 1. The molecule has 1 aromatic rings. The summed E-state index contributed by atoms with van der Waals surface area (Å²) in [6.07, 6.45) is 0. The summed E-state index contributed by atoms with van der Waals surface area (Å²) in [7, 11) is -3.65. The molecule has 0 amide bonds. The lowest BCUT2D eigenvalue weighted by atomic mass is 10.2. The van der Waals surface area contributed by atoms with E-state index in [-0.39, 0.29) is 16.5 Å². The molecule has 2 N–H and O–H groups in total. The maximum atomic E-state index is 12.1. The maximum absolute atomic E-state index is 12.1. The minimum atomic E-state index is -3.65. The highest BCUT2D eigenvalue weighted by atomic mass is 35.5. The molecule has 1 aliphatic heterocycles. The van der Waals surface area contributed by atoms with Gasteiger partial charge in [-0.3, -0.25) is 0 Å². The Bertz CT molecular complexity index is 544. The maximum Gasteiger partial charge on any atom is 0.253 e. The zero-order chi connectivity index (χ0) is 13.9. The quantitative estimate of drug-likeness (QED) is 0.839. The molecule has 1 aliphatic rings. The number of nitrogens with zero attached hydrogens (tertiary/aromatic N) is 1. The first-order chi connectivity index (χ1) is 9.03. The lowest BCUT2D eigenvalue weighted by molar-refractivity contribution is 0.0272. The zero-order valence-corrected chi connectivity index (χ0v) is 11.7. The minimum Gasteiger partial charge on any atom is -0.392 e. The van der Waals surface area contributed by atoms with Gasteiger partial charge in [0.1, 0.15) is 0 Å². The highest BCUT2D eigenvalue weighted by molar-refractivity contribution is 7.89. The Morgan fingerprint density at radius 2 is 2.05 bits per heavy atom. The number of ether oxygens (including phenoxy) is 1. The van der Waals surface area contributed by atoms with Gasteiger partial charge in [0, 0.05) is 18.1 Å². The first-order valence-electron chi connectivity index (χ1n) is 5.77. The fourth-order valence-electron chi connectivity index (χ4n) is 1.70. The number of sulfonamides is 1. The number of morpholine rings is 1. The van der Waals surface area contributed by atoms with Gasteiger partial charge < -0.3 is 9.84 Å². The molecule has 1 saturated heterocycles. The van der Waals surface area contributed by atoms with Crippen LogP contribution in [-0.2, 0) is 21.4 Å². The summed E-state index contributed by atoms with van der Waals surface area (Å²) < 4.78 is 29.4. The Kier molecular flexibility index (Phi) is 4.77. The normalized spacial score (nSPS) is 17.6. The average Bonchev–Trinajstić information content (AvgIpc) is 2.39. The van der Waals surface area contributed by atoms with Gasteiger partial charge in [0.2, 0.25) is 0 Å². The van der Waals surface area contributed by atoms with E-state index < -0.39 is 10.0 Å². The lowest BCUT2D eigenvalue weighted by Crippen LogP contribution is -2.48. The Balaban J connectivity index is 2.16. The summed E-state index contributed by atoms with van der Waals surface area (Å²) in [4.78, 5) is 2.55. The van der Waals surface area contributed by atoms with E-state index in [2.05, 4.69) is 4.83 Å². The van der Waals surface area contributed by atoms with Crippen LogP contribution in [0.4, 0.5) is 0 Å². The van der Waals surface area contributed by atoms with Crippen molar-refractivity contribution in [3.05, 3.63) is 28.8 Å². The summed E-state index contributed by atoms with van der Waals surface area (Å²) >= 11 is 5.89. The van der Waals surface area contributed by atoms with Gasteiger partial charge in [-0.25, -0.2) is 13.4 Å². The number of hydrogen-bond acceptors (Lipinski definition) is 5. The smallest absolute Gasteiger partial charge is 0.253 e. The fourth-order valence-corrected chi connectivity index (χ4v) is 3.15. The van der Waals surface area contributed by atoms with Gasteiger partial charge in [0.15, 0.2) is 0 Å². The second-order valence-electron chi connectivity index (χ2n) is 4.11. The third kappa shape index (κ3) is 3.65. The van der Waals surface area contributed by atoms with E-state index in [0.29, 0.717) is 31.9 Å². The van der Waals surface area contributed by atoms with Gasteiger partial charge in [-0.15, -0.1) is 4.83 Å². The molecule has 106 valence electrons. The molecule has 6 nitrogen and oxygen atoms in total. The largest absolute Gasteiger partial charge is 0.392 e. The van der Waals surface area contributed by atoms with Crippen molar-refractivity contribution in [2.75, 3.05) is 26.3 Å². The van der Waals surface area contributed by atoms with Crippen molar-refractivity contribution in [2.45, 2.75) is 11.5 Å². The molecule has 19 heavy (non-hydrogen) atoms. The number of halogens is 1. The van der Waals surface area contributed by atoms with Crippen molar-refractivity contribution < 1.29 is 18.3 Å². The minimum absolute atomic E-state index is 0.0705. The summed E-state index contributed by atoms with van der Waals surface area (Å²) in [5.74, 6) is 0. The predicted molar refractivity (Wildman–Crippen MR) is 70.1 cm³/mol. The number of rotatable bonds is 4. The summed E-state index contributed by atoms with van der Waals surface area (Å²) in [6.45, 7) is 1.76. The number of hydrogen-bond donors (Lipinski definition) is 2. The molecule has 0 unspecified atom stereocenters. The van der Waals surface area contributed by atoms with Crippen molar-refractivity contribution in [2.24, 2.45) is 0 Å². The molecule has 1 aromatic carbocycles. The van der Waals surface area contributed by atoms with E-state index in [1.165, 1.54) is 18.2 Å². The van der Waals surface area contributed by atoms with E-state index in [4.69, 9.17) is 21.4 Å². The van der Waals surface area contributed by atoms with Crippen LogP contribution in [0.25, 0.3) is 0 Å². The first-order valence-corrected chi connectivity index (χ1v) is 7.63. The molecule has 0 atom stereocenters. The van der Waals surface area contributed by atoms with E-state index in [1.54, 1.807) is 5.01 Å². The summed E-state index contributed by atoms with van der Waals surface area (Å²) in [6, 6.07) is 4.24. The number of benzene rings is 1. The number of hydrazine groups is 1. The molecule has 0 aromatic heterocycles. The van der Waals surface area contributed by atoms with Crippen LogP contribution in [0, 0.1) is 0 Å². The molecule has 0 radical (unpaired) electrons. The SMILES string of the molecule is O=S(=O)(NN1CCOCC1)c1ccc(CO)c(Cl)c1. The van der Waals surface area contributed by atoms with Crippen molar-refractivity contribution in [3.8, 4) is 0 Å². The molecular weight excluding hydrogens is 292 g/mol. The molecule has 1 heterocycles. The molecule has 0 bridgehead atoms. The van der Waals surface area contributed by atoms with Crippen molar-refractivity contribution in [1.29, 1.82) is 0 Å². The molecule has 2 rings (SSSR count). The Morgan fingerprint density at radius 3 is 2.63 bits per heavy atom. The molecule has 1 fully saturated rings. The summed E-state index contributed by atoms with van der Waals surface area (Å²) in [5.41, 5.74) is 0.493. The van der Waals surface area contributed by atoms with Gasteiger partial charge in [-0.2, -0.15) is 0 Å². The van der Waals surface area contributed by atoms with Gasteiger partial charge in [0.25, 0.3) is 10.0 Å². The second kappa shape index (κ2) is 6.17. The van der Waals surface area contributed by atoms with Crippen LogP contribution in [-0.4, -0.2) is 44.8 Å².